The Morgan fingerprint density at radius 3 is 3.09 bits per heavy atom. The summed E-state index contributed by atoms with van der Waals surface area (Å²) in [6.07, 6.45) is 1.01. The lowest BCUT2D eigenvalue weighted by Crippen LogP contribution is -2.12. The van der Waals surface area contributed by atoms with Gasteiger partial charge in [-0.2, -0.15) is 0 Å². The maximum absolute atomic E-state index is 10.7. The number of esters is 1. The van der Waals surface area contributed by atoms with E-state index >= 15 is 0 Å². The van der Waals surface area contributed by atoms with Gasteiger partial charge in [0.2, 0.25) is 6.29 Å². The summed E-state index contributed by atoms with van der Waals surface area (Å²) >= 11 is 1.57. The van der Waals surface area contributed by atoms with Crippen LogP contribution >= 0.6 is 11.8 Å². The fourth-order valence-electron chi connectivity index (χ4n) is 0.822. The van der Waals surface area contributed by atoms with E-state index in [0.717, 1.165) is 10.7 Å². The first-order valence-electron chi connectivity index (χ1n) is 3.35. The Hall–Kier alpha value is -0.480. The first-order chi connectivity index (χ1) is 5.27. The van der Waals surface area contributed by atoms with Crippen molar-refractivity contribution in [2.45, 2.75) is 13.2 Å². The highest BCUT2D eigenvalue weighted by Crippen LogP contribution is 2.26. The summed E-state index contributed by atoms with van der Waals surface area (Å²) < 4.78 is 9.72. The Morgan fingerprint density at radius 1 is 1.82 bits per heavy atom. The highest BCUT2D eigenvalue weighted by atomic mass is 32.2. The van der Waals surface area contributed by atoms with E-state index in [1.165, 1.54) is 13.2 Å². The molecule has 0 N–H and O–H groups in total. The molecule has 1 atom stereocenters. The van der Waals surface area contributed by atoms with Crippen LogP contribution in [0.25, 0.3) is 0 Å². The van der Waals surface area contributed by atoms with Crippen molar-refractivity contribution in [3.63, 3.8) is 0 Å². The molecule has 4 heteroatoms. The zero-order valence-electron chi connectivity index (χ0n) is 6.49. The van der Waals surface area contributed by atoms with Gasteiger partial charge in [0.1, 0.15) is 0 Å². The second kappa shape index (κ2) is 3.78. The van der Waals surface area contributed by atoms with E-state index in [4.69, 9.17) is 9.47 Å². The Kier molecular flexibility index (Phi) is 2.96. The van der Waals surface area contributed by atoms with E-state index in [2.05, 4.69) is 0 Å². The van der Waals surface area contributed by atoms with Crippen molar-refractivity contribution in [1.82, 2.24) is 0 Å². The number of cyclic esters (lactones) is 1. The third kappa shape index (κ3) is 1.97. The minimum Gasteiger partial charge on any atom is -0.427 e. The van der Waals surface area contributed by atoms with E-state index in [-0.39, 0.29) is 5.97 Å². The monoisotopic (exact) mass is 174 g/mol. The van der Waals surface area contributed by atoms with Gasteiger partial charge in [-0.1, -0.05) is 6.92 Å². The maximum atomic E-state index is 10.7. The summed E-state index contributed by atoms with van der Waals surface area (Å²) in [4.78, 5) is 11.6. The summed E-state index contributed by atoms with van der Waals surface area (Å²) in [6.45, 7) is 2.01. The third-order valence-corrected chi connectivity index (χ3v) is 2.17. The van der Waals surface area contributed by atoms with Crippen molar-refractivity contribution in [2.24, 2.45) is 0 Å². The van der Waals surface area contributed by atoms with Crippen LogP contribution in [-0.4, -0.2) is 25.1 Å². The maximum Gasteiger partial charge on any atom is 0.334 e. The molecule has 0 fully saturated rings. The lowest BCUT2D eigenvalue weighted by molar-refractivity contribution is -0.154. The zero-order chi connectivity index (χ0) is 8.27. The lowest BCUT2D eigenvalue weighted by atomic mass is 10.5. The van der Waals surface area contributed by atoms with Crippen molar-refractivity contribution in [3.8, 4) is 0 Å². The normalized spacial score (nSPS) is 23.3. The molecule has 0 saturated heterocycles. The lowest BCUT2D eigenvalue weighted by Gasteiger charge is -2.09. The second-order valence-corrected chi connectivity index (χ2v) is 3.32. The molecule has 0 radical (unpaired) electrons. The molecule has 0 aliphatic carbocycles. The second-order valence-electron chi connectivity index (χ2n) is 1.98. The SMILES string of the molecule is CCSC1=CC(=O)OC1OC. The molecule has 11 heavy (non-hydrogen) atoms. The van der Waals surface area contributed by atoms with Crippen molar-refractivity contribution in [2.75, 3.05) is 12.9 Å². The number of carbonyl (C=O) groups is 1. The average molecular weight is 174 g/mol. The molecule has 0 amide bonds. The first-order valence-corrected chi connectivity index (χ1v) is 4.34. The smallest absolute Gasteiger partial charge is 0.334 e. The van der Waals surface area contributed by atoms with Crippen molar-refractivity contribution < 1.29 is 14.3 Å². The molecule has 1 heterocycles. The van der Waals surface area contributed by atoms with Gasteiger partial charge in [0, 0.05) is 13.2 Å². The molecule has 1 rings (SSSR count). The van der Waals surface area contributed by atoms with Crippen LogP contribution in [0.3, 0.4) is 0 Å². The van der Waals surface area contributed by atoms with Gasteiger partial charge >= 0.3 is 5.97 Å². The number of carbonyl (C=O) groups excluding carboxylic acids is 1. The molecule has 1 aliphatic rings. The fraction of sp³-hybridized carbons (Fsp3) is 0.571. The van der Waals surface area contributed by atoms with Crippen LogP contribution in [0.2, 0.25) is 0 Å². The first kappa shape index (κ1) is 8.62. The average Bonchev–Trinajstić information content (AvgIpc) is 2.32. The van der Waals surface area contributed by atoms with Crippen LogP contribution in [-0.2, 0) is 14.3 Å². The highest BCUT2D eigenvalue weighted by molar-refractivity contribution is 8.03. The van der Waals surface area contributed by atoms with Crippen LogP contribution in [0.5, 0.6) is 0 Å². The van der Waals surface area contributed by atoms with Gasteiger partial charge in [-0.25, -0.2) is 4.79 Å². The van der Waals surface area contributed by atoms with Gasteiger partial charge < -0.3 is 9.47 Å². The van der Waals surface area contributed by atoms with Gasteiger partial charge in [-0.3, -0.25) is 0 Å². The standard InChI is InChI=1S/C7H10O3S/c1-3-11-5-4-6(8)10-7(5)9-2/h4,7H,3H2,1-2H3. The van der Waals surface area contributed by atoms with E-state index in [1.54, 1.807) is 11.8 Å². The van der Waals surface area contributed by atoms with Gasteiger partial charge in [-0.15, -0.1) is 11.8 Å². The molecule has 0 saturated carbocycles. The van der Waals surface area contributed by atoms with Crippen molar-refractivity contribution in [1.29, 1.82) is 0 Å². The van der Waals surface area contributed by atoms with E-state index in [1.807, 2.05) is 6.92 Å². The van der Waals surface area contributed by atoms with Gasteiger partial charge in [-0.05, 0) is 5.75 Å². The summed E-state index contributed by atoms with van der Waals surface area (Å²) in [5.74, 6) is 0.607. The van der Waals surface area contributed by atoms with Crippen LogP contribution in [0.15, 0.2) is 11.0 Å². The number of hydrogen-bond donors (Lipinski definition) is 0. The van der Waals surface area contributed by atoms with Crippen LogP contribution in [0, 0.1) is 0 Å². The molecule has 1 aliphatic heterocycles. The summed E-state index contributed by atoms with van der Waals surface area (Å²) in [5.41, 5.74) is 0. The van der Waals surface area contributed by atoms with Gasteiger partial charge in [0.15, 0.2) is 0 Å². The molecule has 62 valence electrons. The van der Waals surface area contributed by atoms with E-state index in [9.17, 15) is 4.79 Å². The zero-order valence-corrected chi connectivity index (χ0v) is 7.31. The van der Waals surface area contributed by atoms with Crippen LogP contribution in [0.4, 0.5) is 0 Å². The predicted molar refractivity (Wildman–Crippen MR) is 43.1 cm³/mol. The number of rotatable bonds is 3. The highest BCUT2D eigenvalue weighted by Gasteiger charge is 2.25. The molecular weight excluding hydrogens is 164 g/mol. The van der Waals surface area contributed by atoms with Gasteiger partial charge in [0.05, 0.1) is 4.91 Å². The summed E-state index contributed by atoms with van der Waals surface area (Å²) in [7, 11) is 1.52. The van der Waals surface area contributed by atoms with E-state index < -0.39 is 6.29 Å². The molecule has 3 nitrogen and oxygen atoms in total. The van der Waals surface area contributed by atoms with E-state index in [0.29, 0.717) is 0 Å². The molecule has 0 spiro atoms. The number of methoxy groups -OCH3 is 1. The molecule has 1 unspecified atom stereocenters. The minimum atomic E-state index is -0.465. The van der Waals surface area contributed by atoms with Crippen molar-refractivity contribution in [3.05, 3.63) is 11.0 Å². The largest absolute Gasteiger partial charge is 0.427 e. The Morgan fingerprint density at radius 2 is 2.55 bits per heavy atom. The topological polar surface area (TPSA) is 35.5 Å². The van der Waals surface area contributed by atoms with Crippen molar-refractivity contribution >= 4 is 17.7 Å². The van der Waals surface area contributed by atoms with Crippen LogP contribution < -0.4 is 0 Å². The fourth-order valence-corrected chi connectivity index (χ4v) is 1.62. The summed E-state index contributed by atoms with van der Waals surface area (Å²) in [6, 6.07) is 0. The molecular formula is C7H10O3S. The number of thioether (sulfide) groups is 1. The van der Waals surface area contributed by atoms with Crippen LogP contribution in [0.1, 0.15) is 6.92 Å². The summed E-state index contributed by atoms with van der Waals surface area (Å²) in [5, 5.41) is 0. The third-order valence-electron chi connectivity index (χ3n) is 1.24. The Bertz CT molecular complexity index is 188. The Balaban J connectivity index is 2.58. The number of ether oxygens (including phenoxy) is 2. The molecule has 0 aromatic heterocycles. The van der Waals surface area contributed by atoms with Gasteiger partial charge in [0.25, 0.3) is 0 Å². The quantitative estimate of drug-likeness (QED) is 0.601. The number of hydrogen-bond acceptors (Lipinski definition) is 4. The Labute approximate surface area is 69.7 Å². The molecule has 0 aromatic rings. The molecule has 0 aromatic carbocycles. The minimum absolute atomic E-state index is 0.312. The molecule has 0 bridgehead atoms. The predicted octanol–water partition coefficient (Wildman–Crippen LogP) is 1.15.